The molecule has 0 bridgehead atoms. The van der Waals surface area contributed by atoms with Crippen LogP contribution in [0.15, 0.2) is 69.7 Å². The van der Waals surface area contributed by atoms with Crippen LogP contribution in [0, 0.1) is 0 Å². The van der Waals surface area contributed by atoms with Gasteiger partial charge in [0, 0.05) is 0 Å². The number of nitrogens with zero attached hydrogens (tertiary/aromatic N) is 2. The van der Waals surface area contributed by atoms with Crippen molar-refractivity contribution in [3.8, 4) is 5.75 Å². The summed E-state index contributed by atoms with van der Waals surface area (Å²) < 4.78 is 31.4. The number of carboxylic acids is 1. The minimum atomic E-state index is -4.28. The van der Waals surface area contributed by atoms with Crippen molar-refractivity contribution >= 4 is 67.8 Å². The topological polar surface area (TPSA) is 137 Å². The summed E-state index contributed by atoms with van der Waals surface area (Å²) in [5.74, 6) is -1.64. The maximum absolute atomic E-state index is 11.2. The first-order chi connectivity index (χ1) is 12.2. The molecule has 134 valence electrons. The number of phenols is 1. The van der Waals surface area contributed by atoms with Crippen molar-refractivity contribution in [1.82, 2.24) is 0 Å². The van der Waals surface area contributed by atoms with Crippen LogP contribution in [0.2, 0.25) is 0 Å². The quantitative estimate of drug-likeness (QED) is 0.352. The Hall–Kier alpha value is -2.30. The summed E-state index contributed by atoms with van der Waals surface area (Å²) in [4.78, 5) is 10.8. The van der Waals surface area contributed by atoms with Crippen LogP contribution in [-0.4, -0.2) is 58.7 Å². The van der Waals surface area contributed by atoms with E-state index in [4.69, 9.17) is 9.66 Å². The molecule has 3 aromatic rings. The SMILES string of the molecule is O=C(O)c1cc(N=Nc2ccc3cc(S(=O)(=O)O)ccc3c2)ccc1O.[NaH]. The van der Waals surface area contributed by atoms with Crippen molar-refractivity contribution in [2.75, 3.05) is 0 Å². The number of aromatic hydroxyl groups is 1. The Labute approximate surface area is 176 Å². The van der Waals surface area contributed by atoms with Crippen LogP contribution >= 0.6 is 0 Å². The van der Waals surface area contributed by atoms with Crippen molar-refractivity contribution < 1.29 is 28.0 Å². The van der Waals surface area contributed by atoms with E-state index in [2.05, 4.69) is 10.2 Å². The van der Waals surface area contributed by atoms with Gasteiger partial charge in [-0.1, -0.05) is 12.1 Å². The number of benzene rings is 3. The fourth-order valence-electron chi connectivity index (χ4n) is 2.31. The second kappa shape index (κ2) is 8.15. The van der Waals surface area contributed by atoms with E-state index in [1.807, 2.05) is 0 Å². The molecule has 0 aliphatic rings. The monoisotopic (exact) mass is 396 g/mol. The van der Waals surface area contributed by atoms with Gasteiger partial charge in [-0.25, -0.2) is 4.79 Å². The molecule has 0 unspecified atom stereocenters. The minimum absolute atomic E-state index is 0. The molecule has 27 heavy (non-hydrogen) atoms. The van der Waals surface area contributed by atoms with Gasteiger partial charge in [-0.05, 0) is 53.2 Å². The predicted molar refractivity (Wildman–Crippen MR) is 100 cm³/mol. The van der Waals surface area contributed by atoms with Gasteiger partial charge in [-0.2, -0.15) is 18.6 Å². The number of carbonyl (C=O) groups is 1. The van der Waals surface area contributed by atoms with E-state index in [9.17, 15) is 18.3 Å². The Morgan fingerprint density at radius 2 is 1.41 bits per heavy atom. The summed E-state index contributed by atoms with van der Waals surface area (Å²) in [7, 11) is -4.28. The van der Waals surface area contributed by atoms with Gasteiger partial charge in [0.05, 0.1) is 16.3 Å². The Morgan fingerprint density at radius 1 is 0.852 bits per heavy atom. The zero-order valence-corrected chi connectivity index (χ0v) is 13.9. The Balaban J connectivity index is 0.00000261. The maximum atomic E-state index is 11.2. The van der Waals surface area contributed by atoms with Gasteiger partial charge in [-0.15, -0.1) is 0 Å². The van der Waals surface area contributed by atoms with Crippen LogP contribution in [-0.2, 0) is 10.1 Å². The average molecular weight is 396 g/mol. The summed E-state index contributed by atoms with van der Waals surface area (Å²) in [6.45, 7) is 0. The normalized spacial score (nSPS) is 11.4. The van der Waals surface area contributed by atoms with Gasteiger partial charge in [0.15, 0.2) is 0 Å². The number of hydrogen-bond acceptors (Lipinski definition) is 6. The third kappa shape index (κ3) is 4.90. The second-order valence-electron chi connectivity index (χ2n) is 5.37. The second-order valence-corrected chi connectivity index (χ2v) is 6.80. The van der Waals surface area contributed by atoms with E-state index >= 15 is 0 Å². The van der Waals surface area contributed by atoms with Gasteiger partial charge >= 0.3 is 35.5 Å². The van der Waals surface area contributed by atoms with Gasteiger partial charge in [-0.3, -0.25) is 4.55 Å². The summed E-state index contributed by atoms with van der Waals surface area (Å²) >= 11 is 0. The molecule has 8 nitrogen and oxygen atoms in total. The number of azo groups is 1. The number of fused-ring (bicyclic) bond motifs is 1. The summed E-state index contributed by atoms with van der Waals surface area (Å²) in [6, 6.07) is 12.9. The van der Waals surface area contributed by atoms with E-state index < -0.39 is 16.1 Å². The fraction of sp³-hybridized carbons (Fsp3) is 0. The molecule has 0 atom stereocenters. The van der Waals surface area contributed by atoms with Crippen molar-refractivity contribution in [1.29, 1.82) is 0 Å². The van der Waals surface area contributed by atoms with Crippen LogP contribution in [0.1, 0.15) is 10.4 Å². The van der Waals surface area contributed by atoms with E-state index in [1.54, 1.807) is 18.2 Å². The number of rotatable bonds is 4. The Kier molecular flexibility index (Phi) is 6.34. The third-order valence-corrected chi connectivity index (χ3v) is 4.43. The molecule has 0 saturated heterocycles. The third-order valence-electron chi connectivity index (χ3n) is 3.58. The summed E-state index contributed by atoms with van der Waals surface area (Å²) in [5.41, 5.74) is 0.432. The Bertz CT molecular complexity index is 1160. The standard InChI is InChI=1S/C17H12N2O6S.Na.H/c20-16-6-4-13(9-15(16)17(21)22)19-18-12-3-1-11-8-14(26(23,24)25)5-2-10(11)7-12;;/h1-9,20H,(H,21,22)(H,23,24,25);;. The van der Waals surface area contributed by atoms with Crippen LogP contribution in [0.4, 0.5) is 11.4 Å². The molecule has 0 heterocycles. The van der Waals surface area contributed by atoms with Gasteiger partial charge in [0.2, 0.25) is 0 Å². The summed E-state index contributed by atoms with van der Waals surface area (Å²) in [5, 5.41) is 27.7. The van der Waals surface area contributed by atoms with E-state index in [0.717, 1.165) is 0 Å². The molecule has 0 amide bonds. The van der Waals surface area contributed by atoms with Gasteiger partial charge < -0.3 is 10.2 Å². The molecule has 0 aliphatic carbocycles. The average Bonchev–Trinajstić information content (AvgIpc) is 2.59. The van der Waals surface area contributed by atoms with Crippen LogP contribution in [0.5, 0.6) is 5.75 Å². The van der Waals surface area contributed by atoms with E-state index in [1.165, 1.54) is 36.4 Å². The molecule has 0 saturated carbocycles. The molecule has 0 spiro atoms. The van der Waals surface area contributed by atoms with Crippen molar-refractivity contribution in [3.63, 3.8) is 0 Å². The predicted octanol–water partition coefficient (Wildman–Crippen LogP) is 3.26. The molecule has 0 aromatic heterocycles. The fourth-order valence-corrected chi connectivity index (χ4v) is 2.82. The van der Waals surface area contributed by atoms with Crippen LogP contribution in [0.25, 0.3) is 10.8 Å². The van der Waals surface area contributed by atoms with E-state index in [-0.39, 0.29) is 51.5 Å². The number of aromatic carboxylic acids is 1. The Morgan fingerprint density at radius 3 is 2.04 bits per heavy atom. The molecule has 0 fully saturated rings. The van der Waals surface area contributed by atoms with Crippen LogP contribution in [0.3, 0.4) is 0 Å². The van der Waals surface area contributed by atoms with Crippen LogP contribution < -0.4 is 0 Å². The zero-order valence-electron chi connectivity index (χ0n) is 13.1. The molecular weight excluding hydrogens is 383 g/mol. The molecule has 3 N–H and O–H groups in total. The first-order valence-corrected chi connectivity index (χ1v) is 8.67. The first-order valence-electron chi connectivity index (χ1n) is 7.23. The molecule has 3 rings (SSSR count). The van der Waals surface area contributed by atoms with Gasteiger partial charge in [0.25, 0.3) is 10.1 Å². The molecule has 0 radical (unpaired) electrons. The van der Waals surface area contributed by atoms with Gasteiger partial charge in [0.1, 0.15) is 11.3 Å². The molecular formula is C17H13N2NaO6S. The molecule has 0 aliphatic heterocycles. The first kappa shape index (κ1) is 21.0. The zero-order chi connectivity index (χ0) is 18.9. The molecule has 3 aromatic carbocycles. The number of hydrogen-bond donors (Lipinski definition) is 3. The molecule has 10 heteroatoms. The van der Waals surface area contributed by atoms with Crippen molar-refractivity contribution in [2.24, 2.45) is 10.2 Å². The van der Waals surface area contributed by atoms with Crippen molar-refractivity contribution in [2.45, 2.75) is 4.90 Å². The summed E-state index contributed by atoms with van der Waals surface area (Å²) in [6.07, 6.45) is 0. The number of carboxylic acid groups (broad SMARTS) is 1. The van der Waals surface area contributed by atoms with Crippen molar-refractivity contribution in [3.05, 3.63) is 60.2 Å². The van der Waals surface area contributed by atoms with E-state index in [0.29, 0.717) is 16.5 Å².